The molecule has 0 bridgehead atoms. The van der Waals surface area contributed by atoms with Crippen LogP contribution in [0.2, 0.25) is 0 Å². The molecule has 0 amide bonds. The van der Waals surface area contributed by atoms with Gasteiger partial charge in [0, 0.05) is 0 Å². The Morgan fingerprint density at radius 2 is 2.00 bits per heavy atom. The van der Waals surface area contributed by atoms with Gasteiger partial charge in [0.25, 0.3) is 0 Å². The predicted molar refractivity (Wildman–Crippen MR) is 34.6 cm³/mol. The van der Waals surface area contributed by atoms with Crippen molar-refractivity contribution < 1.29 is 5.11 Å². The summed E-state index contributed by atoms with van der Waals surface area (Å²) >= 11 is 0. The van der Waals surface area contributed by atoms with Crippen LogP contribution in [0.5, 0.6) is 0 Å². The summed E-state index contributed by atoms with van der Waals surface area (Å²) in [5.41, 5.74) is -0.715. The lowest BCUT2D eigenvalue weighted by Gasteiger charge is -2.15. The fraction of sp³-hybridized carbons (Fsp3) is 0.750. The van der Waals surface area contributed by atoms with Crippen LogP contribution in [-0.4, -0.2) is 10.7 Å². The Morgan fingerprint density at radius 1 is 1.44 bits per heavy atom. The average Bonchev–Trinajstić information content (AvgIpc) is 2.42. The summed E-state index contributed by atoms with van der Waals surface area (Å²) in [7, 11) is 0. The van der Waals surface area contributed by atoms with E-state index in [0.29, 0.717) is 0 Å². The lowest BCUT2D eigenvalue weighted by molar-refractivity contribution is 0.0957. The highest BCUT2D eigenvalue weighted by Gasteiger charge is 2.52. The first-order valence-corrected chi connectivity index (χ1v) is 3.44. The molecule has 0 heterocycles. The molecule has 2 saturated carbocycles. The van der Waals surface area contributed by atoms with Gasteiger partial charge in [0.2, 0.25) is 0 Å². The maximum atomic E-state index is 9.46. The molecule has 48 valence electrons. The van der Waals surface area contributed by atoms with Gasteiger partial charge in [-0.1, -0.05) is 5.92 Å². The largest absolute Gasteiger partial charge is 0.378 e. The van der Waals surface area contributed by atoms with Gasteiger partial charge < -0.3 is 5.11 Å². The molecule has 1 nitrogen and oxygen atoms in total. The van der Waals surface area contributed by atoms with E-state index < -0.39 is 5.60 Å². The predicted octanol–water partition coefficient (Wildman–Crippen LogP) is 0.781. The second kappa shape index (κ2) is 1.33. The molecule has 2 fully saturated rings. The molecule has 0 spiro atoms. The Kier molecular flexibility index (Phi) is 0.784. The van der Waals surface area contributed by atoms with Crippen molar-refractivity contribution in [3.63, 3.8) is 0 Å². The molecule has 0 aromatic rings. The van der Waals surface area contributed by atoms with Crippen LogP contribution in [0, 0.1) is 24.2 Å². The van der Waals surface area contributed by atoms with Gasteiger partial charge in [0.15, 0.2) is 0 Å². The highest BCUT2D eigenvalue weighted by atomic mass is 16.3. The standard InChI is InChI=1S/C8H10O/c1-2-8(9)4-6-3-7(6)5-8/h1,6-7,9H,3-5H2. The van der Waals surface area contributed by atoms with E-state index in [0.717, 1.165) is 24.7 Å². The van der Waals surface area contributed by atoms with Crippen molar-refractivity contribution in [3.8, 4) is 12.3 Å². The quantitative estimate of drug-likeness (QED) is 0.471. The van der Waals surface area contributed by atoms with Crippen molar-refractivity contribution in [2.75, 3.05) is 0 Å². The second-order valence-electron chi connectivity index (χ2n) is 3.34. The first kappa shape index (κ1) is 5.32. The van der Waals surface area contributed by atoms with Crippen LogP contribution in [0.1, 0.15) is 19.3 Å². The van der Waals surface area contributed by atoms with E-state index in [1.807, 2.05) is 0 Å². The molecule has 2 atom stereocenters. The van der Waals surface area contributed by atoms with Crippen molar-refractivity contribution in [1.29, 1.82) is 0 Å². The fourth-order valence-electron chi connectivity index (χ4n) is 1.88. The summed E-state index contributed by atoms with van der Waals surface area (Å²) in [6, 6.07) is 0. The minimum atomic E-state index is -0.715. The van der Waals surface area contributed by atoms with Gasteiger partial charge in [-0.15, -0.1) is 6.42 Å². The van der Waals surface area contributed by atoms with Gasteiger partial charge in [-0.2, -0.15) is 0 Å². The monoisotopic (exact) mass is 122 g/mol. The minimum Gasteiger partial charge on any atom is -0.378 e. The summed E-state index contributed by atoms with van der Waals surface area (Å²) in [5.74, 6) is 4.00. The molecule has 0 saturated heterocycles. The smallest absolute Gasteiger partial charge is 0.125 e. The van der Waals surface area contributed by atoms with Crippen molar-refractivity contribution in [2.45, 2.75) is 24.9 Å². The number of terminal acetylenes is 1. The van der Waals surface area contributed by atoms with Gasteiger partial charge in [0.05, 0.1) is 0 Å². The van der Waals surface area contributed by atoms with Gasteiger partial charge >= 0.3 is 0 Å². The Balaban J connectivity index is 2.12. The lowest BCUT2D eigenvalue weighted by Crippen LogP contribution is -2.23. The Hall–Kier alpha value is -0.480. The molecule has 1 heteroatoms. The number of rotatable bonds is 0. The summed E-state index contributed by atoms with van der Waals surface area (Å²) in [6.45, 7) is 0. The summed E-state index contributed by atoms with van der Waals surface area (Å²) in [6.07, 6.45) is 8.17. The van der Waals surface area contributed by atoms with Crippen molar-refractivity contribution >= 4 is 0 Å². The zero-order valence-corrected chi connectivity index (χ0v) is 5.30. The molecule has 0 radical (unpaired) electrons. The third-order valence-corrected chi connectivity index (χ3v) is 2.54. The van der Waals surface area contributed by atoms with Crippen LogP contribution in [-0.2, 0) is 0 Å². The number of fused-ring (bicyclic) bond motifs is 1. The molecule has 2 unspecified atom stereocenters. The van der Waals surface area contributed by atoms with Crippen molar-refractivity contribution in [3.05, 3.63) is 0 Å². The molecular weight excluding hydrogens is 112 g/mol. The Labute approximate surface area is 55.1 Å². The van der Waals surface area contributed by atoms with Gasteiger partial charge in [-0.25, -0.2) is 0 Å². The van der Waals surface area contributed by atoms with Crippen LogP contribution >= 0.6 is 0 Å². The molecule has 0 aliphatic heterocycles. The summed E-state index contributed by atoms with van der Waals surface area (Å²) in [4.78, 5) is 0. The highest BCUT2D eigenvalue weighted by molar-refractivity contribution is 5.17. The van der Waals surface area contributed by atoms with E-state index in [1.54, 1.807) is 0 Å². The zero-order chi connectivity index (χ0) is 6.48. The van der Waals surface area contributed by atoms with Crippen molar-refractivity contribution in [1.82, 2.24) is 0 Å². The minimum absolute atomic E-state index is 0.715. The summed E-state index contributed by atoms with van der Waals surface area (Å²) in [5, 5.41) is 9.46. The third kappa shape index (κ3) is 0.668. The molecule has 0 aromatic carbocycles. The fourth-order valence-corrected chi connectivity index (χ4v) is 1.88. The van der Waals surface area contributed by atoms with E-state index in [1.165, 1.54) is 6.42 Å². The SMILES string of the molecule is C#CC1(O)CC2CC2C1. The van der Waals surface area contributed by atoms with Crippen LogP contribution in [0.4, 0.5) is 0 Å². The number of hydrogen-bond donors (Lipinski definition) is 1. The van der Waals surface area contributed by atoms with Gasteiger partial charge in [-0.3, -0.25) is 0 Å². The maximum absolute atomic E-state index is 9.46. The van der Waals surface area contributed by atoms with E-state index in [-0.39, 0.29) is 0 Å². The van der Waals surface area contributed by atoms with Gasteiger partial charge in [-0.05, 0) is 31.1 Å². The van der Waals surface area contributed by atoms with Crippen LogP contribution in [0.25, 0.3) is 0 Å². The lowest BCUT2D eigenvalue weighted by atomic mass is 9.99. The van der Waals surface area contributed by atoms with Gasteiger partial charge in [0.1, 0.15) is 5.60 Å². The highest BCUT2D eigenvalue weighted by Crippen LogP contribution is 2.55. The zero-order valence-electron chi connectivity index (χ0n) is 5.30. The van der Waals surface area contributed by atoms with E-state index in [4.69, 9.17) is 6.42 Å². The van der Waals surface area contributed by atoms with Crippen LogP contribution in [0.3, 0.4) is 0 Å². The van der Waals surface area contributed by atoms with Crippen LogP contribution < -0.4 is 0 Å². The maximum Gasteiger partial charge on any atom is 0.125 e. The first-order chi connectivity index (χ1) is 4.23. The molecule has 2 aliphatic rings. The van der Waals surface area contributed by atoms with E-state index >= 15 is 0 Å². The Morgan fingerprint density at radius 3 is 2.33 bits per heavy atom. The van der Waals surface area contributed by atoms with E-state index in [9.17, 15) is 5.11 Å². The molecule has 0 aromatic heterocycles. The van der Waals surface area contributed by atoms with E-state index in [2.05, 4.69) is 5.92 Å². The van der Waals surface area contributed by atoms with Crippen molar-refractivity contribution in [2.24, 2.45) is 11.8 Å². The molecule has 2 aliphatic carbocycles. The number of hydrogen-bond acceptors (Lipinski definition) is 1. The molecular formula is C8H10O. The molecule has 2 rings (SSSR count). The first-order valence-electron chi connectivity index (χ1n) is 3.44. The third-order valence-electron chi connectivity index (χ3n) is 2.54. The normalized spacial score (nSPS) is 54.2. The second-order valence-corrected chi connectivity index (χ2v) is 3.34. The average molecular weight is 122 g/mol. The topological polar surface area (TPSA) is 20.2 Å². The molecule has 9 heavy (non-hydrogen) atoms. The Bertz CT molecular complexity index is 167. The molecule has 1 N–H and O–H groups in total. The summed E-state index contributed by atoms with van der Waals surface area (Å²) < 4.78 is 0. The number of aliphatic hydroxyl groups is 1. The van der Waals surface area contributed by atoms with Crippen LogP contribution in [0.15, 0.2) is 0 Å².